The number of fused-ring (bicyclic) bond motifs is 1. The fourth-order valence-electron chi connectivity index (χ4n) is 1.10. The Morgan fingerprint density at radius 3 is 2.93 bits per heavy atom. The van der Waals surface area contributed by atoms with Crippen LogP contribution in [0, 0.1) is 16.7 Å². The number of aromatic nitrogens is 3. The van der Waals surface area contributed by atoms with Gasteiger partial charge < -0.3 is 0 Å². The standard InChI is InChI=1S/C7H3F2N5S/c8-5(9)4-3(1-10)6(11)14-7(13-4)15-2-12-14/h2,5,11H. The second-order valence-electron chi connectivity index (χ2n) is 2.57. The second-order valence-corrected chi connectivity index (χ2v) is 3.38. The highest BCUT2D eigenvalue weighted by Crippen LogP contribution is 2.19. The van der Waals surface area contributed by atoms with E-state index in [4.69, 9.17) is 10.7 Å². The molecule has 0 bridgehead atoms. The topological polar surface area (TPSA) is 77.8 Å². The smallest absolute Gasteiger partial charge is 0.281 e. The highest BCUT2D eigenvalue weighted by atomic mass is 32.1. The van der Waals surface area contributed by atoms with Crippen LogP contribution in [0.3, 0.4) is 0 Å². The predicted octanol–water partition coefficient (Wildman–Crippen LogP) is 1.08. The Hall–Kier alpha value is -1.88. The molecule has 15 heavy (non-hydrogen) atoms. The summed E-state index contributed by atoms with van der Waals surface area (Å²) >= 11 is 1.03. The van der Waals surface area contributed by atoms with Crippen molar-refractivity contribution in [1.82, 2.24) is 14.6 Å². The van der Waals surface area contributed by atoms with E-state index in [1.54, 1.807) is 6.07 Å². The summed E-state index contributed by atoms with van der Waals surface area (Å²) in [6, 6.07) is 1.54. The van der Waals surface area contributed by atoms with E-state index in [9.17, 15) is 8.78 Å². The van der Waals surface area contributed by atoms with Gasteiger partial charge in [0.05, 0.1) is 0 Å². The number of hydrogen-bond acceptors (Lipinski definition) is 5. The molecule has 0 unspecified atom stereocenters. The Morgan fingerprint density at radius 2 is 2.33 bits per heavy atom. The van der Waals surface area contributed by atoms with Gasteiger partial charge in [0.15, 0.2) is 5.49 Å². The predicted molar refractivity (Wildman–Crippen MR) is 46.4 cm³/mol. The maximum Gasteiger partial charge on any atom is 0.281 e. The Morgan fingerprint density at radius 1 is 1.60 bits per heavy atom. The van der Waals surface area contributed by atoms with Crippen molar-refractivity contribution in [2.24, 2.45) is 0 Å². The van der Waals surface area contributed by atoms with Crippen molar-refractivity contribution in [1.29, 1.82) is 10.7 Å². The molecule has 0 atom stereocenters. The van der Waals surface area contributed by atoms with Crippen LogP contribution in [-0.4, -0.2) is 14.6 Å². The Kier molecular flexibility index (Phi) is 2.17. The van der Waals surface area contributed by atoms with Gasteiger partial charge in [-0.25, -0.2) is 13.8 Å². The maximum atomic E-state index is 12.5. The third-order valence-corrected chi connectivity index (χ3v) is 2.42. The van der Waals surface area contributed by atoms with Crippen molar-refractivity contribution in [3.8, 4) is 6.07 Å². The third-order valence-electron chi connectivity index (χ3n) is 1.74. The lowest BCUT2D eigenvalue weighted by Crippen LogP contribution is -2.21. The van der Waals surface area contributed by atoms with Gasteiger partial charge in [-0.3, -0.25) is 5.41 Å². The first kappa shape index (κ1) is 9.67. The molecule has 5 nitrogen and oxygen atoms in total. The van der Waals surface area contributed by atoms with Gasteiger partial charge in [0.1, 0.15) is 22.8 Å². The summed E-state index contributed by atoms with van der Waals surface area (Å²) < 4.78 is 26.1. The fraction of sp³-hybridized carbons (Fsp3) is 0.143. The van der Waals surface area contributed by atoms with E-state index in [0.29, 0.717) is 0 Å². The first-order valence-corrected chi connectivity index (χ1v) is 4.62. The number of nitriles is 1. The molecule has 2 aromatic rings. The average Bonchev–Trinajstić information content (AvgIpc) is 2.65. The molecule has 0 radical (unpaired) electrons. The van der Waals surface area contributed by atoms with E-state index in [1.807, 2.05) is 0 Å². The quantitative estimate of drug-likeness (QED) is 0.791. The molecule has 0 saturated carbocycles. The molecule has 8 heteroatoms. The SMILES string of the molecule is N#Cc1c(C(F)F)nc2scnn2c1=N. The number of halogens is 2. The van der Waals surface area contributed by atoms with Gasteiger partial charge in [-0.2, -0.15) is 14.9 Å². The monoisotopic (exact) mass is 227 g/mol. The summed E-state index contributed by atoms with van der Waals surface area (Å²) in [7, 11) is 0. The molecule has 2 aromatic heterocycles. The summed E-state index contributed by atoms with van der Waals surface area (Å²) in [6.45, 7) is 0. The lowest BCUT2D eigenvalue weighted by atomic mass is 10.2. The van der Waals surface area contributed by atoms with Crippen molar-refractivity contribution in [3.63, 3.8) is 0 Å². The molecule has 0 aliphatic rings. The highest BCUT2D eigenvalue weighted by Gasteiger charge is 2.19. The first-order chi connectivity index (χ1) is 7.15. The average molecular weight is 227 g/mol. The van der Waals surface area contributed by atoms with E-state index in [-0.39, 0.29) is 10.4 Å². The summed E-state index contributed by atoms with van der Waals surface area (Å²) in [6.07, 6.45) is -2.86. The Bertz CT molecular complexity index is 608. The number of hydrogen-bond donors (Lipinski definition) is 1. The number of nitrogens with one attached hydrogen (secondary N) is 1. The molecule has 2 heterocycles. The molecule has 0 aliphatic heterocycles. The molecule has 2 rings (SSSR count). The minimum absolute atomic E-state index is 0.175. The van der Waals surface area contributed by atoms with Crippen LogP contribution in [0.25, 0.3) is 4.96 Å². The van der Waals surface area contributed by atoms with Crippen molar-refractivity contribution in [2.75, 3.05) is 0 Å². The summed E-state index contributed by atoms with van der Waals surface area (Å²) in [5.74, 6) is 0. The van der Waals surface area contributed by atoms with Crippen molar-refractivity contribution in [3.05, 3.63) is 22.3 Å². The van der Waals surface area contributed by atoms with Crippen LogP contribution in [-0.2, 0) is 0 Å². The van der Waals surface area contributed by atoms with E-state index in [2.05, 4.69) is 10.1 Å². The Balaban J connectivity index is 2.93. The molecular formula is C7H3F2N5S. The number of nitrogens with zero attached hydrogens (tertiary/aromatic N) is 4. The molecule has 0 spiro atoms. The van der Waals surface area contributed by atoms with Crippen LogP contribution >= 0.6 is 11.3 Å². The van der Waals surface area contributed by atoms with Crippen molar-refractivity contribution in [2.45, 2.75) is 6.43 Å². The molecule has 0 aromatic carbocycles. The summed E-state index contributed by atoms with van der Waals surface area (Å²) in [5.41, 5.74) is -0.0873. The molecule has 0 amide bonds. The van der Waals surface area contributed by atoms with Gasteiger partial charge in [-0.05, 0) is 0 Å². The van der Waals surface area contributed by atoms with Gasteiger partial charge >= 0.3 is 0 Å². The normalized spacial score (nSPS) is 10.8. The van der Waals surface area contributed by atoms with Gasteiger partial charge in [0, 0.05) is 0 Å². The molecule has 76 valence electrons. The maximum absolute atomic E-state index is 12.5. The zero-order valence-electron chi connectivity index (χ0n) is 7.11. The number of alkyl halides is 2. The van der Waals surface area contributed by atoms with Gasteiger partial charge in [0.25, 0.3) is 6.43 Å². The van der Waals surface area contributed by atoms with Gasteiger partial charge in [0.2, 0.25) is 4.96 Å². The minimum Gasteiger partial charge on any atom is -0.282 e. The van der Waals surface area contributed by atoms with Crippen LogP contribution in [0.5, 0.6) is 0 Å². The minimum atomic E-state index is -2.86. The highest BCUT2D eigenvalue weighted by molar-refractivity contribution is 7.14. The second kappa shape index (κ2) is 3.36. The van der Waals surface area contributed by atoms with Crippen LogP contribution in [0.15, 0.2) is 5.51 Å². The number of rotatable bonds is 1. The summed E-state index contributed by atoms with van der Waals surface area (Å²) in [5, 5.41) is 19.9. The lowest BCUT2D eigenvalue weighted by Gasteiger charge is -2.01. The van der Waals surface area contributed by atoms with Crippen LogP contribution < -0.4 is 5.49 Å². The molecule has 0 saturated heterocycles. The van der Waals surface area contributed by atoms with E-state index >= 15 is 0 Å². The van der Waals surface area contributed by atoms with E-state index < -0.39 is 17.7 Å². The van der Waals surface area contributed by atoms with E-state index in [0.717, 1.165) is 15.9 Å². The van der Waals surface area contributed by atoms with Crippen LogP contribution in [0.4, 0.5) is 8.78 Å². The van der Waals surface area contributed by atoms with Crippen molar-refractivity contribution >= 4 is 16.3 Å². The zero-order valence-corrected chi connectivity index (χ0v) is 7.92. The summed E-state index contributed by atoms with van der Waals surface area (Å²) in [4.78, 5) is 3.77. The Labute approximate surface area is 85.7 Å². The van der Waals surface area contributed by atoms with Crippen LogP contribution in [0.1, 0.15) is 17.7 Å². The van der Waals surface area contributed by atoms with E-state index in [1.165, 1.54) is 5.51 Å². The van der Waals surface area contributed by atoms with Gasteiger partial charge in [-0.15, -0.1) is 0 Å². The molecular weight excluding hydrogens is 224 g/mol. The fourth-order valence-corrected chi connectivity index (χ4v) is 1.72. The van der Waals surface area contributed by atoms with Gasteiger partial charge in [-0.1, -0.05) is 11.3 Å². The van der Waals surface area contributed by atoms with Crippen LogP contribution in [0.2, 0.25) is 0 Å². The lowest BCUT2D eigenvalue weighted by molar-refractivity contribution is 0.145. The molecule has 0 aliphatic carbocycles. The zero-order chi connectivity index (χ0) is 11.0. The third kappa shape index (κ3) is 1.37. The molecule has 0 fully saturated rings. The van der Waals surface area contributed by atoms with Crippen molar-refractivity contribution < 1.29 is 8.78 Å². The largest absolute Gasteiger partial charge is 0.282 e. The molecule has 1 N–H and O–H groups in total. The first-order valence-electron chi connectivity index (χ1n) is 3.74.